The summed E-state index contributed by atoms with van der Waals surface area (Å²) in [6.45, 7) is 2.10. The van der Waals surface area contributed by atoms with Crippen LogP contribution in [-0.2, 0) is 9.36 Å². The number of carboxylic acid groups (broad SMARTS) is 1. The smallest absolute Gasteiger partial charge is 0.307 e. The summed E-state index contributed by atoms with van der Waals surface area (Å²) < 4.78 is 12.2. The van der Waals surface area contributed by atoms with Gasteiger partial charge in [-0.05, 0) is 18.8 Å². The van der Waals surface area contributed by atoms with Gasteiger partial charge < -0.3 is 10.00 Å². The van der Waals surface area contributed by atoms with Gasteiger partial charge >= 0.3 is 5.97 Å². The van der Waals surface area contributed by atoms with E-state index < -0.39 is 19.3 Å². The summed E-state index contributed by atoms with van der Waals surface area (Å²) >= 11 is 0. The lowest BCUT2D eigenvalue weighted by Gasteiger charge is -2.25. The Bertz CT molecular complexity index is 350. The zero-order valence-electron chi connectivity index (χ0n) is 13.3. The van der Waals surface area contributed by atoms with Crippen LogP contribution in [0, 0.1) is 11.8 Å². The Morgan fingerprint density at radius 2 is 1.86 bits per heavy atom. The molecule has 0 bridgehead atoms. The predicted octanol–water partition coefficient (Wildman–Crippen LogP) is 4.51. The molecule has 21 heavy (non-hydrogen) atoms. The summed E-state index contributed by atoms with van der Waals surface area (Å²) in [7, 11) is -3.29. The van der Waals surface area contributed by atoms with Crippen molar-refractivity contribution in [3.63, 3.8) is 0 Å². The summed E-state index contributed by atoms with van der Waals surface area (Å²) in [5.74, 6) is -1.11. The summed E-state index contributed by atoms with van der Waals surface area (Å²) in [5, 5.41) is 9.34. The van der Waals surface area contributed by atoms with Crippen LogP contribution in [0.5, 0.6) is 0 Å². The van der Waals surface area contributed by atoms with Crippen LogP contribution in [0.4, 0.5) is 0 Å². The van der Waals surface area contributed by atoms with Gasteiger partial charge in [-0.3, -0.25) is 9.36 Å². The van der Waals surface area contributed by atoms with Gasteiger partial charge in [0.15, 0.2) is 0 Å². The molecule has 0 aromatic carbocycles. The first kappa shape index (κ1) is 18.7. The van der Waals surface area contributed by atoms with Crippen molar-refractivity contribution in [3.8, 4) is 0 Å². The van der Waals surface area contributed by atoms with E-state index in [1.807, 2.05) is 0 Å². The van der Waals surface area contributed by atoms with Crippen LogP contribution in [0.3, 0.4) is 0 Å². The van der Waals surface area contributed by atoms with Gasteiger partial charge in [0, 0.05) is 12.3 Å². The zero-order chi connectivity index (χ0) is 15.7. The average molecular weight is 318 g/mol. The van der Waals surface area contributed by atoms with Crippen LogP contribution in [0.1, 0.15) is 71.1 Å². The first-order valence-corrected chi connectivity index (χ1v) is 10.5. The van der Waals surface area contributed by atoms with E-state index in [0.717, 1.165) is 38.5 Å². The molecule has 2 atom stereocenters. The highest BCUT2D eigenvalue weighted by Gasteiger charge is 2.31. The van der Waals surface area contributed by atoms with Gasteiger partial charge in [-0.15, -0.1) is 0 Å². The lowest BCUT2D eigenvalue weighted by molar-refractivity contribution is -0.141. The Balaban J connectivity index is 2.44. The van der Waals surface area contributed by atoms with Gasteiger partial charge in [0.05, 0.1) is 5.92 Å². The van der Waals surface area contributed by atoms with Crippen LogP contribution in [0.2, 0.25) is 0 Å². The molecule has 1 aliphatic rings. The third kappa shape index (κ3) is 8.01. The minimum absolute atomic E-state index is 0.0367. The number of rotatable bonds is 10. The largest absolute Gasteiger partial charge is 0.481 e. The van der Waals surface area contributed by atoms with E-state index >= 15 is 0 Å². The number of hydrogen-bond donors (Lipinski definition) is 2. The van der Waals surface area contributed by atoms with Crippen molar-refractivity contribution < 1.29 is 19.4 Å². The lowest BCUT2D eigenvalue weighted by Crippen LogP contribution is -2.23. The average Bonchev–Trinajstić information content (AvgIpc) is 2.44. The second kappa shape index (κ2) is 9.63. The molecule has 1 aliphatic carbocycles. The molecule has 124 valence electrons. The fourth-order valence-corrected chi connectivity index (χ4v) is 5.19. The molecule has 0 aromatic heterocycles. The Morgan fingerprint density at radius 1 is 1.19 bits per heavy atom. The second-order valence-corrected chi connectivity index (χ2v) is 9.09. The topological polar surface area (TPSA) is 74.6 Å². The number of carboxylic acids is 1. The monoisotopic (exact) mass is 318 g/mol. The molecule has 0 spiro atoms. The van der Waals surface area contributed by atoms with Crippen molar-refractivity contribution in [1.82, 2.24) is 0 Å². The summed E-state index contributed by atoms with van der Waals surface area (Å²) in [4.78, 5) is 21.4. The lowest BCUT2D eigenvalue weighted by atomic mass is 9.83. The molecule has 2 N–H and O–H groups in total. The molecule has 0 aromatic rings. The van der Waals surface area contributed by atoms with Crippen LogP contribution in [0.25, 0.3) is 0 Å². The number of hydrogen-bond acceptors (Lipinski definition) is 2. The first-order valence-electron chi connectivity index (χ1n) is 8.48. The van der Waals surface area contributed by atoms with Crippen molar-refractivity contribution in [2.24, 2.45) is 11.8 Å². The molecule has 0 aliphatic heterocycles. The maximum Gasteiger partial charge on any atom is 0.307 e. The van der Waals surface area contributed by atoms with Crippen LogP contribution in [-0.4, -0.2) is 28.3 Å². The van der Waals surface area contributed by atoms with E-state index in [9.17, 15) is 19.4 Å². The Kier molecular flexibility index (Phi) is 8.58. The standard InChI is InChI=1S/C16H31O4P/c1-2-3-4-8-11-21(19,20)13-15(16(17)18)12-14-9-6-5-7-10-14/h14-15H,2-13H2,1H3,(H,17,18)(H,19,20). The molecule has 1 saturated carbocycles. The van der Waals surface area contributed by atoms with E-state index in [4.69, 9.17) is 0 Å². The van der Waals surface area contributed by atoms with Crippen molar-refractivity contribution in [1.29, 1.82) is 0 Å². The van der Waals surface area contributed by atoms with Crippen LogP contribution >= 0.6 is 7.37 Å². The Labute approximate surface area is 128 Å². The van der Waals surface area contributed by atoms with Gasteiger partial charge in [0.25, 0.3) is 0 Å². The minimum atomic E-state index is -3.29. The summed E-state index contributed by atoms with van der Waals surface area (Å²) in [6.07, 6.45) is 10.4. The molecular weight excluding hydrogens is 287 g/mol. The Morgan fingerprint density at radius 3 is 2.43 bits per heavy atom. The molecule has 5 heteroatoms. The van der Waals surface area contributed by atoms with Gasteiger partial charge in [-0.25, -0.2) is 0 Å². The number of carbonyl (C=O) groups is 1. The first-order chi connectivity index (χ1) is 9.94. The molecule has 0 heterocycles. The molecular formula is C16H31O4P. The molecule has 1 fully saturated rings. The fraction of sp³-hybridized carbons (Fsp3) is 0.938. The van der Waals surface area contributed by atoms with E-state index in [2.05, 4.69) is 6.92 Å². The van der Waals surface area contributed by atoms with E-state index in [1.165, 1.54) is 19.3 Å². The van der Waals surface area contributed by atoms with E-state index in [-0.39, 0.29) is 12.3 Å². The minimum Gasteiger partial charge on any atom is -0.481 e. The van der Waals surface area contributed by atoms with Gasteiger partial charge in [0.2, 0.25) is 7.37 Å². The summed E-state index contributed by atoms with van der Waals surface area (Å²) in [5.41, 5.74) is 0. The van der Waals surface area contributed by atoms with Gasteiger partial charge in [0.1, 0.15) is 0 Å². The van der Waals surface area contributed by atoms with Crippen LogP contribution in [0.15, 0.2) is 0 Å². The van der Waals surface area contributed by atoms with Crippen molar-refractivity contribution in [2.45, 2.75) is 71.1 Å². The van der Waals surface area contributed by atoms with E-state index in [0.29, 0.717) is 12.3 Å². The normalized spacial score (nSPS) is 20.9. The quantitative estimate of drug-likeness (QED) is 0.459. The SMILES string of the molecule is CCCCCCP(=O)(O)CC(CC1CCCCC1)C(=O)O. The predicted molar refractivity (Wildman–Crippen MR) is 86.0 cm³/mol. The highest BCUT2D eigenvalue weighted by Crippen LogP contribution is 2.45. The van der Waals surface area contributed by atoms with Crippen LogP contribution < -0.4 is 0 Å². The van der Waals surface area contributed by atoms with Crippen molar-refractivity contribution >= 4 is 13.3 Å². The van der Waals surface area contributed by atoms with E-state index in [1.54, 1.807) is 0 Å². The Hall–Kier alpha value is -0.340. The van der Waals surface area contributed by atoms with Crippen molar-refractivity contribution in [2.75, 3.05) is 12.3 Å². The maximum atomic E-state index is 12.2. The second-order valence-electron chi connectivity index (χ2n) is 6.59. The third-order valence-electron chi connectivity index (χ3n) is 4.56. The number of unbranched alkanes of at least 4 members (excludes halogenated alkanes) is 3. The molecule has 1 rings (SSSR count). The molecule has 0 saturated heterocycles. The third-order valence-corrected chi connectivity index (χ3v) is 6.58. The zero-order valence-corrected chi connectivity index (χ0v) is 14.2. The highest BCUT2D eigenvalue weighted by molar-refractivity contribution is 7.58. The maximum absolute atomic E-state index is 12.2. The van der Waals surface area contributed by atoms with Gasteiger partial charge in [-0.2, -0.15) is 0 Å². The molecule has 0 amide bonds. The molecule has 0 radical (unpaired) electrons. The summed E-state index contributed by atoms with van der Waals surface area (Å²) in [6, 6.07) is 0. The van der Waals surface area contributed by atoms with Crippen molar-refractivity contribution in [3.05, 3.63) is 0 Å². The fourth-order valence-electron chi connectivity index (χ4n) is 3.30. The molecule has 2 unspecified atom stereocenters. The highest BCUT2D eigenvalue weighted by atomic mass is 31.2. The molecule has 4 nitrogen and oxygen atoms in total. The number of aliphatic carboxylic acids is 1. The van der Waals surface area contributed by atoms with Gasteiger partial charge in [-0.1, -0.05) is 58.3 Å².